The number of carboxylic acid groups (broad SMARTS) is 1. The Labute approximate surface area is 247 Å². The number of benzene rings is 2. The largest absolute Gasteiger partial charge is 0.481 e. The first-order valence-corrected chi connectivity index (χ1v) is 16.8. The van der Waals surface area contributed by atoms with E-state index in [9.17, 15) is 19.5 Å². The third-order valence-corrected chi connectivity index (χ3v) is 9.75. The molecular weight excluding hydrogens is 662 g/mol. The highest BCUT2D eigenvalue weighted by molar-refractivity contribution is 14.2. The zero-order valence-electron chi connectivity index (χ0n) is 20.4. The number of aliphatic carboxylic acids is 1. The minimum Gasteiger partial charge on any atom is -0.481 e. The number of fused-ring (bicyclic) bond motifs is 2. The minimum atomic E-state index is -1.36. The van der Waals surface area contributed by atoms with Gasteiger partial charge in [-0.3, -0.25) is 19.3 Å². The number of carbonyl (C=O) groups is 3. The van der Waals surface area contributed by atoms with Gasteiger partial charge in [-0.2, -0.15) is 0 Å². The van der Waals surface area contributed by atoms with Crippen LogP contribution in [0.1, 0.15) is 42.7 Å². The van der Waals surface area contributed by atoms with Crippen LogP contribution in [0.25, 0.3) is 0 Å². The normalized spacial score (nSPS) is 24.8. The van der Waals surface area contributed by atoms with Gasteiger partial charge < -0.3 is 14.7 Å². The molecule has 0 aromatic heterocycles. The molecule has 38 heavy (non-hydrogen) atoms. The van der Waals surface area contributed by atoms with Crippen LogP contribution in [0.4, 0.5) is 5.69 Å². The number of nitrogens with zero attached hydrogens (tertiary/aromatic N) is 2. The molecule has 2 aromatic rings. The van der Waals surface area contributed by atoms with Crippen LogP contribution in [0.2, 0.25) is 10.0 Å². The molecule has 0 bridgehead atoms. The molecule has 0 radical (unpaired) electrons. The van der Waals surface area contributed by atoms with Crippen molar-refractivity contribution in [1.29, 1.82) is 0 Å². The Balaban J connectivity index is 1.70. The quantitative estimate of drug-likeness (QED) is 0.240. The summed E-state index contributed by atoms with van der Waals surface area (Å²) >= 11 is 15.0. The number of anilines is 1. The lowest BCUT2D eigenvalue weighted by molar-refractivity contribution is -0.161. The molecule has 1 N–H and O–H groups in total. The van der Waals surface area contributed by atoms with E-state index < -0.39 is 23.3 Å². The van der Waals surface area contributed by atoms with Gasteiger partial charge in [-0.05, 0) is 76.2 Å². The van der Waals surface area contributed by atoms with Crippen LogP contribution in [0, 0.1) is 11.8 Å². The summed E-state index contributed by atoms with van der Waals surface area (Å²) in [6.45, 7) is 0.876. The van der Waals surface area contributed by atoms with Crippen molar-refractivity contribution in [2.45, 2.75) is 37.1 Å². The number of amides is 2. The first-order chi connectivity index (χ1) is 18.3. The molecule has 3 atom stereocenters. The Morgan fingerprint density at radius 3 is 2.61 bits per heavy atom. The van der Waals surface area contributed by atoms with E-state index in [1.54, 1.807) is 36.9 Å². The number of piperidine rings is 1. The van der Waals surface area contributed by atoms with Gasteiger partial charge in [-0.1, -0.05) is 50.3 Å². The molecule has 5 rings (SSSR count). The summed E-state index contributed by atoms with van der Waals surface area (Å²) in [6, 6.07) is 12.6. The summed E-state index contributed by atoms with van der Waals surface area (Å²) in [6.07, 6.45) is 1.84. The van der Waals surface area contributed by atoms with Gasteiger partial charge in [0.05, 0.1) is 18.7 Å². The Hall–Kier alpha value is -1.53. The Morgan fingerprint density at radius 1 is 1.16 bits per heavy atom. The molecule has 0 unspecified atom stereocenters. The maximum Gasteiger partial charge on any atom is 0.304 e. The smallest absolute Gasteiger partial charge is 0.304 e. The fraction of sp³-hybridized carbons (Fsp3) is 0.444. The second-order valence-electron chi connectivity index (χ2n) is 10.0. The number of likely N-dealkylation sites (tertiary alicyclic amines) is 1. The van der Waals surface area contributed by atoms with Crippen LogP contribution in [-0.4, -0.2) is 53.4 Å². The standard InChI is InChI=1S/C27H27Cl2IN2O5S/c28-19-3-1-2-17(10-19)22-11-18(12-24(33)34)25(35)32(14-16-4-5-16)27(22)21-7-6-20(29)13-23(21)31(26(27)36)15-37-8-9-38-30/h1-3,6-7,10,13,16,18,22H,4-5,8-9,11-12,14-15H2,(H,33,34)/t18-,22-,27-/m1/s1. The predicted octanol–water partition coefficient (Wildman–Crippen LogP) is 6.11. The van der Waals surface area contributed by atoms with E-state index in [0.717, 1.165) is 24.2 Å². The molecule has 1 spiro atoms. The number of carbonyl (C=O) groups excluding carboxylic acids is 2. The second-order valence-corrected chi connectivity index (χ2v) is 13.4. The van der Waals surface area contributed by atoms with E-state index in [1.165, 1.54) is 0 Å². The van der Waals surface area contributed by atoms with Gasteiger partial charge in [0.1, 0.15) is 6.73 Å². The molecule has 2 aromatic carbocycles. The molecule has 1 saturated heterocycles. The van der Waals surface area contributed by atoms with Crippen molar-refractivity contribution in [3.05, 3.63) is 63.6 Å². The average molecular weight is 689 g/mol. The highest BCUT2D eigenvalue weighted by Gasteiger charge is 2.64. The monoisotopic (exact) mass is 688 g/mol. The first-order valence-electron chi connectivity index (χ1n) is 12.5. The maximum atomic E-state index is 14.7. The van der Waals surface area contributed by atoms with E-state index in [0.29, 0.717) is 34.4 Å². The summed E-state index contributed by atoms with van der Waals surface area (Å²) in [7, 11) is 1.62. The number of hydrogen-bond acceptors (Lipinski definition) is 5. The summed E-state index contributed by atoms with van der Waals surface area (Å²) < 4.78 is 5.88. The van der Waals surface area contributed by atoms with Crippen LogP contribution in [0.5, 0.6) is 0 Å². The summed E-state index contributed by atoms with van der Waals surface area (Å²) in [4.78, 5) is 43.8. The lowest BCUT2D eigenvalue weighted by atomic mass is 9.66. The number of hydrogen-bond donors (Lipinski definition) is 1. The van der Waals surface area contributed by atoms with Crippen molar-refractivity contribution in [2.75, 3.05) is 30.5 Å². The van der Waals surface area contributed by atoms with Crippen molar-refractivity contribution in [1.82, 2.24) is 4.90 Å². The minimum absolute atomic E-state index is 0.0252. The average Bonchev–Trinajstić information content (AvgIpc) is 3.67. The van der Waals surface area contributed by atoms with E-state index in [2.05, 4.69) is 21.2 Å². The highest BCUT2D eigenvalue weighted by atomic mass is 127. The fourth-order valence-electron chi connectivity index (χ4n) is 5.87. The zero-order valence-corrected chi connectivity index (χ0v) is 24.9. The summed E-state index contributed by atoms with van der Waals surface area (Å²) in [5.41, 5.74) is 0.730. The lowest BCUT2D eigenvalue weighted by Gasteiger charge is -2.51. The summed E-state index contributed by atoms with van der Waals surface area (Å²) in [5.74, 6) is -1.82. The van der Waals surface area contributed by atoms with Gasteiger partial charge in [0.15, 0.2) is 5.54 Å². The van der Waals surface area contributed by atoms with Crippen molar-refractivity contribution >= 4 is 76.8 Å². The highest BCUT2D eigenvalue weighted by Crippen LogP contribution is 2.58. The first kappa shape index (κ1) is 28.0. The number of halogens is 3. The van der Waals surface area contributed by atoms with E-state index >= 15 is 0 Å². The topological polar surface area (TPSA) is 87.2 Å². The van der Waals surface area contributed by atoms with E-state index in [4.69, 9.17) is 27.9 Å². The second kappa shape index (κ2) is 11.5. The Morgan fingerprint density at radius 2 is 1.92 bits per heavy atom. The maximum absolute atomic E-state index is 14.7. The number of rotatable bonds is 10. The van der Waals surface area contributed by atoms with Crippen LogP contribution >= 0.6 is 53.3 Å². The van der Waals surface area contributed by atoms with Crippen molar-refractivity contribution in [2.24, 2.45) is 11.8 Å². The van der Waals surface area contributed by atoms with E-state index in [1.807, 2.05) is 24.3 Å². The molecule has 11 heteroatoms. The molecule has 202 valence electrons. The van der Waals surface area contributed by atoms with Crippen LogP contribution in [-0.2, 0) is 24.7 Å². The third kappa shape index (κ3) is 5.16. The molecule has 2 fully saturated rings. The molecule has 3 aliphatic rings. The zero-order chi connectivity index (χ0) is 27.0. The molecule has 1 saturated carbocycles. The Kier molecular flexibility index (Phi) is 8.50. The van der Waals surface area contributed by atoms with Crippen LogP contribution in [0.3, 0.4) is 0 Å². The van der Waals surface area contributed by atoms with Gasteiger partial charge in [0.25, 0.3) is 5.91 Å². The van der Waals surface area contributed by atoms with Gasteiger partial charge in [-0.25, -0.2) is 0 Å². The third-order valence-electron chi connectivity index (χ3n) is 7.63. The van der Waals surface area contributed by atoms with Gasteiger partial charge in [0, 0.05) is 39.7 Å². The van der Waals surface area contributed by atoms with Crippen molar-refractivity contribution in [3.8, 4) is 0 Å². The van der Waals surface area contributed by atoms with Crippen LogP contribution in [0.15, 0.2) is 42.5 Å². The molecule has 7 nitrogen and oxygen atoms in total. The van der Waals surface area contributed by atoms with Crippen molar-refractivity contribution in [3.63, 3.8) is 0 Å². The predicted molar refractivity (Wildman–Crippen MR) is 157 cm³/mol. The fourth-order valence-corrected chi connectivity index (χ4v) is 6.95. The lowest BCUT2D eigenvalue weighted by Crippen LogP contribution is -2.64. The molecule has 1 aliphatic carbocycles. The Bertz CT molecular complexity index is 1260. The van der Waals surface area contributed by atoms with Gasteiger partial charge in [0.2, 0.25) is 5.91 Å². The van der Waals surface area contributed by atoms with Gasteiger partial charge in [-0.15, -0.1) is 0 Å². The molecule has 2 heterocycles. The molecule has 2 amide bonds. The van der Waals surface area contributed by atoms with Crippen LogP contribution < -0.4 is 4.90 Å². The molecular formula is C27H27Cl2IN2O5S. The van der Waals surface area contributed by atoms with Gasteiger partial charge >= 0.3 is 5.97 Å². The van der Waals surface area contributed by atoms with E-state index in [-0.39, 0.29) is 37.3 Å². The number of ether oxygens (including phenoxy) is 1. The SMILES string of the molecule is O=C(O)C[C@H]1C[C@H](c2cccc(Cl)c2)[C@]2(C(=O)N(COCCSI)c3cc(Cl)ccc32)N(CC2CC2)C1=O. The number of carboxylic acids is 1. The molecule has 2 aliphatic heterocycles. The van der Waals surface area contributed by atoms with Crippen molar-refractivity contribution < 1.29 is 24.2 Å². The summed E-state index contributed by atoms with van der Waals surface area (Å²) in [5, 5.41) is 10.6.